The van der Waals surface area contributed by atoms with Gasteiger partial charge in [-0.25, -0.2) is 10.6 Å². The van der Waals surface area contributed by atoms with Gasteiger partial charge < -0.3 is 10.5 Å². The summed E-state index contributed by atoms with van der Waals surface area (Å²) < 4.78 is 0. The largest absolute Gasteiger partial charge is 0.476 e. The van der Waals surface area contributed by atoms with Crippen molar-refractivity contribution in [2.24, 2.45) is 5.84 Å². The monoisotopic (exact) mass is 226 g/mol. The first-order chi connectivity index (χ1) is 5.24. The fourth-order valence-electron chi connectivity index (χ4n) is 0.523. The van der Waals surface area contributed by atoms with Gasteiger partial charge in [-0.15, -0.1) is 35.0 Å². The van der Waals surface area contributed by atoms with E-state index < -0.39 is 5.97 Å². The van der Waals surface area contributed by atoms with Crippen molar-refractivity contribution in [3.8, 4) is 0 Å². The molecule has 13 heavy (non-hydrogen) atoms. The van der Waals surface area contributed by atoms with Crippen LogP contribution in [0.4, 0.5) is 5.82 Å². The van der Waals surface area contributed by atoms with Crippen LogP contribution in [0.5, 0.6) is 0 Å². The zero-order valence-corrected chi connectivity index (χ0v) is 7.93. The summed E-state index contributed by atoms with van der Waals surface area (Å²) in [5.74, 6) is 4.19. The molecule has 0 radical (unpaired) electrons. The second-order valence-corrected chi connectivity index (χ2v) is 1.75. The van der Waals surface area contributed by atoms with Crippen LogP contribution in [-0.4, -0.2) is 21.3 Å². The van der Waals surface area contributed by atoms with Crippen LogP contribution in [0.3, 0.4) is 0 Å². The number of carboxylic acid groups (broad SMARTS) is 1. The number of aromatic nitrogens is 2. The van der Waals surface area contributed by atoms with Crippen molar-refractivity contribution >= 4 is 36.6 Å². The zero-order chi connectivity index (χ0) is 8.27. The topological polar surface area (TPSA) is 101 Å². The number of carboxylic acids is 1. The Balaban J connectivity index is 0. The van der Waals surface area contributed by atoms with Gasteiger partial charge in [0, 0.05) is 0 Å². The van der Waals surface area contributed by atoms with Gasteiger partial charge in [0.05, 0.1) is 0 Å². The highest BCUT2D eigenvalue weighted by atomic mass is 35.5. The maximum Gasteiger partial charge on any atom is 0.356 e. The van der Waals surface area contributed by atoms with E-state index in [1.165, 1.54) is 12.1 Å². The summed E-state index contributed by atoms with van der Waals surface area (Å²) in [6.45, 7) is 0. The van der Waals surface area contributed by atoms with Gasteiger partial charge in [0.1, 0.15) is 0 Å². The van der Waals surface area contributed by atoms with Crippen LogP contribution in [0.25, 0.3) is 0 Å². The molecular formula is C5H8Cl2N4O2. The number of rotatable bonds is 2. The van der Waals surface area contributed by atoms with Gasteiger partial charge in [-0.2, -0.15) is 0 Å². The Kier molecular flexibility index (Phi) is 7.11. The first-order valence-electron chi connectivity index (χ1n) is 2.77. The molecule has 0 bridgehead atoms. The quantitative estimate of drug-likeness (QED) is 0.496. The predicted molar refractivity (Wildman–Crippen MR) is 51.3 cm³/mol. The first-order valence-corrected chi connectivity index (χ1v) is 2.77. The number of aromatic carboxylic acids is 1. The van der Waals surface area contributed by atoms with E-state index in [9.17, 15) is 4.79 Å². The Morgan fingerprint density at radius 1 is 1.38 bits per heavy atom. The van der Waals surface area contributed by atoms with E-state index in [1.807, 2.05) is 0 Å². The van der Waals surface area contributed by atoms with E-state index in [2.05, 4.69) is 15.6 Å². The molecule has 0 fully saturated rings. The Morgan fingerprint density at radius 3 is 2.31 bits per heavy atom. The lowest BCUT2D eigenvalue weighted by atomic mass is 10.4. The van der Waals surface area contributed by atoms with Gasteiger partial charge >= 0.3 is 5.97 Å². The Bertz CT molecular complexity index is 266. The molecule has 4 N–H and O–H groups in total. The lowest BCUT2D eigenvalue weighted by Gasteiger charge is -1.95. The highest BCUT2D eigenvalue weighted by molar-refractivity contribution is 5.85. The molecule has 0 spiro atoms. The second-order valence-electron chi connectivity index (χ2n) is 1.75. The lowest BCUT2D eigenvalue weighted by molar-refractivity contribution is 0.0689. The molecular weight excluding hydrogens is 219 g/mol. The van der Waals surface area contributed by atoms with Crippen LogP contribution in [-0.2, 0) is 0 Å². The maximum absolute atomic E-state index is 10.2. The van der Waals surface area contributed by atoms with Crippen molar-refractivity contribution in [2.75, 3.05) is 5.43 Å². The normalized spacial score (nSPS) is 7.77. The van der Waals surface area contributed by atoms with E-state index in [0.29, 0.717) is 5.82 Å². The average molecular weight is 227 g/mol. The average Bonchev–Trinajstić information content (AvgIpc) is 2.05. The molecule has 74 valence electrons. The van der Waals surface area contributed by atoms with Gasteiger partial charge in [-0.3, -0.25) is 0 Å². The number of nitrogen functional groups attached to an aromatic ring is 1. The minimum atomic E-state index is -1.11. The van der Waals surface area contributed by atoms with Crippen LogP contribution < -0.4 is 11.3 Å². The fourth-order valence-corrected chi connectivity index (χ4v) is 0.523. The van der Waals surface area contributed by atoms with Crippen molar-refractivity contribution in [2.45, 2.75) is 0 Å². The van der Waals surface area contributed by atoms with Gasteiger partial charge in [-0.05, 0) is 12.1 Å². The number of carbonyl (C=O) groups is 1. The molecule has 0 aromatic carbocycles. The number of nitrogens with zero attached hydrogens (tertiary/aromatic N) is 2. The van der Waals surface area contributed by atoms with Crippen molar-refractivity contribution in [3.05, 3.63) is 17.8 Å². The summed E-state index contributed by atoms with van der Waals surface area (Å²) in [5, 5.41) is 15.2. The summed E-state index contributed by atoms with van der Waals surface area (Å²) in [4.78, 5) is 10.2. The highest BCUT2D eigenvalue weighted by Gasteiger charge is 2.03. The van der Waals surface area contributed by atoms with E-state index in [1.54, 1.807) is 0 Å². The van der Waals surface area contributed by atoms with Crippen molar-refractivity contribution in [3.63, 3.8) is 0 Å². The number of nitrogens with two attached hydrogens (primary N) is 1. The number of nitrogens with one attached hydrogen (secondary N) is 1. The van der Waals surface area contributed by atoms with Crippen molar-refractivity contribution in [1.29, 1.82) is 0 Å². The summed E-state index contributed by atoms with van der Waals surface area (Å²) in [6, 6.07) is 2.74. The van der Waals surface area contributed by atoms with Crippen LogP contribution in [0.1, 0.15) is 10.5 Å². The molecule has 0 aliphatic heterocycles. The molecule has 1 heterocycles. The van der Waals surface area contributed by atoms with E-state index in [0.717, 1.165) is 0 Å². The van der Waals surface area contributed by atoms with Crippen LogP contribution in [0.2, 0.25) is 0 Å². The standard InChI is InChI=1S/C5H6N4O2.2ClH/c6-7-4-2-1-3(5(10)11)8-9-4;;/h1-2H,6H2,(H,7,9)(H,10,11);2*1H. The Hall–Kier alpha value is -1.11. The second kappa shape index (κ2) is 6.41. The summed E-state index contributed by atoms with van der Waals surface area (Å²) in [6.07, 6.45) is 0. The third-order valence-corrected chi connectivity index (χ3v) is 1.03. The summed E-state index contributed by atoms with van der Waals surface area (Å²) in [7, 11) is 0. The van der Waals surface area contributed by atoms with Crippen LogP contribution >= 0.6 is 24.8 Å². The molecule has 0 aliphatic carbocycles. The summed E-state index contributed by atoms with van der Waals surface area (Å²) in [5.41, 5.74) is 2.12. The lowest BCUT2D eigenvalue weighted by Crippen LogP contribution is -2.10. The molecule has 1 aromatic rings. The molecule has 0 unspecified atom stereocenters. The van der Waals surface area contributed by atoms with Gasteiger partial charge in [0.15, 0.2) is 11.5 Å². The fraction of sp³-hybridized carbons (Fsp3) is 0. The van der Waals surface area contributed by atoms with E-state index >= 15 is 0 Å². The number of hydrazine groups is 1. The highest BCUT2D eigenvalue weighted by Crippen LogP contribution is 1.98. The minimum Gasteiger partial charge on any atom is -0.476 e. The molecule has 1 rings (SSSR count). The Morgan fingerprint density at radius 2 is 2.00 bits per heavy atom. The van der Waals surface area contributed by atoms with Crippen molar-refractivity contribution < 1.29 is 9.90 Å². The maximum atomic E-state index is 10.2. The third kappa shape index (κ3) is 3.88. The van der Waals surface area contributed by atoms with Crippen LogP contribution in [0.15, 0.2) is 12.1 Å². The van der Waals surface area contributed by atoms with E-state index in [4.69, 9.17) is 10.9 Å². The number of halogens is 2. The SMILES string of the molecule is Cl.Cl.NNc1ccc(C(=O)O)nn1. The molecule has 0 saturated heterocycles. The number of hydrogen-bond donors (Lipinski definition) is 3. The summed E-state index contributed by atoms with van der Waals surface area (Å²) >= 11 is 0. The molecule has 0 saturated carbocycles. The zero-order valence-electron chi connectivity index (χ0n) is 6.30. The van der Waals surface area contributed by atoms with Crippen molar-refractivity contribution in [1.82, 2.24) is 10.2 Å². The molecule has 8 heteroatoms. The third-order valence-electron chi connectivity index (χ3n) is 1.03. The number of hydrogen-bond acceptors (Lipinski definition) is 5. The van der Waals surface area contributed by atoms with Gasteiger partial charge in [-0.1, -0.05) is 0 Å². The molecule has 1 aromatic heterocycles. The number of anilines is 1. The van der Waals surface area contributed by atoms with Gasteiger partial charge in [0.25, 0.3) is 0 Å². The van der Waals surface area contributed by atoms with Crippen LogP contribution in [0, 0.1) is 0 Å². The molecule has 6 nitrogen and oxygen atoms in total. The predicted octanol–water partition coefficient (Wildman–Crippen LogP) is 0.304. The minimum absolute atomic E-state index is 0. The molecule has 0 aliphatic rings. The smallest absolute Gasteiger partial charge is 0.356 e. The van der Waals surface area contributed by atoms with E-state index in [-0.39, 0.29) is 30.5 Å². The Labute approximate surface area is 86.3 Å². The first kappa shape index (κ1) is 14.4. The molecule has 0 amide bonds. The molecule has 0 atom stereocenters. The van der Waals surface area contributed by atoms with Gasteiger partial charge in [0.2, 0.25) is 0 Å².